The van der Waals surface area contributed by atoms with Crippen molar-refractivity contribution in [1.29, 1.82) is 0 Å². The van der Waals surface area contributed by atoms with E-state index in [4.69, 9.17) is 16.3 Å². The minimum absolute atomic E-state index is 0.552. The molecule has 0 unspecified atom stereocenters. The van der Waals surface area contributed by atoms with Crippen molar-refractivity contribution in [3.05, 3.63) is 16.5 Å². The molecule has 1 aliphatic heterocycles. The maximum Gasteiger partial charge on any atom is 0.137 e. The van der Waals surface area contributed by atoms with Crippen LogP contribution in [-0.2, 0) is 4.74 Å². The maximum atomic E-state index is 6.11. The molecule has 1 aromatic rings. The highest BCUT2D eigenvalue weighted by molar-refractivity contribution is 6.30. The Morgan fingerprint density at radius 2 is 1.94 bits per heavy atom. The monoisotopic (exact) mass is 269 g/mol. The number of aromatic nitrogens is 2. The number of rotatable bonds is 3. The SMILES string of the molecule is Cc1nc(Cl)c(C)c(N(C)CC2CCOCC2)n1. The summed E-state index contributed by atoms with van der Waals surface area (Å²) < 4.78 is 5.38. The molecule has 100 valence electrons. The molecule has 0 N–H and O–H groups in total. The van der Waals surface area contributed by atoms with Gasteiger partial charge in [0.1, 0.15) is 16.8 Å². The molecule has 2 rings (SSSR count). The summed E-state index contributed by atoms with van der Waals surface area (Å²) >= 11 is 6.11. The van der Waals surface area contributed by atoms with E-state index in [9.17, 15) is 0 Å². The summed E-state index contributed by atoms with van der Waals surface area (Å²) in [5.41, 5.74) is 0.955. The van der Waals surface area contributed by atoms with E-state index in [0.29, 0.717) is 11.1 Å². The molecular formula is C13H20ClN3O. The molecular weight excluding hydrogens is 250 g/mol. The molecule has 0 atom stereocenters. The van der Waals surface area contributed by atoms with E-state index in [1.54, 1.807) is 0 Å². The molecule has 0 aromatic carbocycles. The van der Waals surface area contributed by atoms with Crippen molar-refractivity contribution in [3.63, 3.8) is 0 Å². The van der Waals surface area contributed by atoms with Crippen molar-refractivity contribution < 1.29 is 4.74 Å². The molecule has 0 amide bonds. The summed E-state index contributed by atoms with van der Waals surface area (Å²) in [6, 6.07) is 0. The van der Waals surface area contributed by atoms with Gasteiger partial charge in [0.05, 0.1) is 0 Å². The normalized spacial score (nSPS) is 16.9. The lowest BCUT2D eigenvalue weighted by Crippen LogP contribution is -2.30. The first-order valence-electron chi connectivity index (χ1n) is 6.37. The summed E-state index contributed by atoms with van der Waals surface area (Å²) in [7, 11) is 2.07. The van der Waals surface area contributed by atoms with Crippen LogP contribution in [0, 0.1) is 19.8 Å². The Morgan fingerprint density at radius 3 is 2.61 bits per heavy atom. The molecule has 0 bridgehead atoms. The molecule has 18 heavy (non-hydrogen) atoms. The van der Waals surface area contributed by atoms with E-state index in [2.05, 4.69) is 21.9 Å². The highest BCUT2D eigenvalue weighted by atomic mass is 35.5. The molecule has 1 fully saturated rings. The van der Waals surface area contributed by atoms with Crippen LogP contribution in [0.15, 0.2) is 0 Å². The number of anilines is 1. The summed E-state index contributed by atoms with van der Waals surface area (Å²) in [5, 5.41) is 0.552. The lowest BCUT2D eigenvalue weighted by molar-refractivity contribution is 0.0685. The van der Waals surface area contributed by atoms with E-state index >= 15 is 0 Å². The van der Waals surface area contributed by atoms with Gasteiger partial charge < -0.3 is 9.64 Å². The number of hydrogen-bond donors (Lipinski definition) is 0. The number of aryl methyl sites for hydroxylation is 1. The highest BCUT2D eigenvalue weighted by Crippen LogP contribution is 2.24. The first-order chi connectivity index (χ1) is 8.58. The Kier molecular flexibility index (Phi) is 4.40. The van der Waals surface area contributed by atoms with E-state index in [-0.39, 0.29) is 0 Å². The fourth-order valence-corrected chi connectivity index (χ4v) is 2.56. The van der Waals surface area contributed by atoms with Gasteiger partial charge in [0.15, 0.2) is 0 Å². The zero-order chi connectivity index (χ0) is 13.1. The molecule has 0 saturated carbocycles. The quantitative estimate of drug-likeness (QED) is 0.791. The predicted octanol–water partition coefficient (Wildman–Crippen LogP) is 2.61. The average Bonchev–Trinajstić information content (AvgIpc) is 2.35. The van der Waals surface area contributed by atoms with Gasteiger partial charge in [-0.05, 0) is 32.6 Å². The summed E-state index contributed by atoms with van der Waals surface area (Å²) in [4.78, 5) is 10.9. The van der Waals surface area contributed by atoms with Crippen LogP contribution in [0.2, 0.25) is 5.15 Å². The maximum absolute atomic E-state index is 6.11. The Balaban J connectivity index is 2.10. The van der Waals surface area contributed by atoms with Crippen LogP contribution in [0.3, 0.4) is 0 Å². The zero-order valence-corrected chi connectivity index (χ0v) is 12.0. The second-order valence-electron chi connectivity index (χ2n) is 4.95. The molecule has 2 heterocycles. The largest absolute Gasteiger partial charge is 0.381 e. The van der Waals surface area contributed by atoms with Gasteiger partial charge in [-0.25, -0.2) is 9.97 Å². The average molecular weight is 270 g/mol. The lowest BCUT2D eigenvalue weighted by atomic mass is 10.00. The van der Waals surface area contributed by atoms with Gasteiger partial charge in [0.25, 0.3) is 0 Å². The van der Waals surface area contributed by atoms with E-state index in [1.807, 2.05) is 13.8 Å². The lowest BCUT2D eigenvalue weighted by Gasteiger charge is -2.28. The van der Waals surface area contributed by atoms with Crippen LogP contribution in [0.5, 0.6) is 0 Å². The van der Waals surface area contributed by atoms with Gasteiger partial charge >= 0.3 is 0 Å². The van der Waals surface area contributed by atoms with Gasteiger partial charge in [0, 0.05) is 32.4 Å². The molecule has 5 heteroatoms. The number of ether oxygens (including phenoxy) is 1. The van der Waals surface area contributed by atoms with Crippen molar-refractivity contribution >= 4 is 17.4 Å². The van der Waals surface area contributed by atoms with Gasteiger partial charge in [-0.3, -0.25) is 0 Å². The van der Waals surface area contributed by atoms with Gasteiger partial charge in [-0.2, -0.15) is 0 Å². The molecule has 1 aliphatic rings. The Bertz CT molecular complexity index is 419. The Hall–Kier alpha value is -0.870. The van der Waals surface area contributed by atoms with Crippen molar-refractivity contribution in [2.75, 3.05) is 31.7 Å². The molecule has 1 aromatic heterocycles. The standard InChI is InChI=1S/C13H20ClN3O/c1-9-12(14)15-10(2)16-13(9)17(3)8-11-4-6-18-7-5-11/h11H,4-8H2,1-3H3. The van der Waals surface area contributed by atoms with Gasteiger partial charge in [0.2, 0.25) is 0 Å². The smallest absolute Gasteiger partial charge is 0.137 e. The van der Waals surface area contributed by atoms with Crippen molar-refractivity contribution in [2.24, 2.45) is 5.92 Å². The van der Waals surface area contributed by atoms with Crippen molar-refractivity contribution in [1.82, 2.24) is 9.97 Å². The fourth-order valence-electron chi connectivity index (χ4n) is 2.35. The summed E-state index contributed by atoms with van der Waals surface area (Å²) in [6.07, 6.45) is 2.25. The third kappa shape index (κ3) is 3.12. The predicted molar refractivity (Wildman–Crippen MR) is 73.3 cm³/mol. The minimum atomic E-state index is 0.552. The van der Waals surface area contributed by atoms with E-state index in [0.717, 1.165) is 49.8 Å². The third-order valence-corrected chi connectivity index (χ3v) is 3.78. The van der Waals surface area contributed by atoms with Crippen LogP contribution in [0.1, 0.15) is 24.2 Å². The minimum Gasteiger partial charge on any atom is -0.381 e. The zero-order valence-electron chi connectivity index (χ0n) is 11.2. The molecule has 1 saturated heterocycles. The molecule has 0 radical (unpaired) electrons. The Morgan fingerprint density at radius 1 is 1.28 bits per heavy atom. The second-order valence-corrected chi connectivity index (χ2v) is 5.30. The first kappa shape index (κ1) is 13.6. The van der Waals surface area contributed by atoms with E-state index in [1.165, 1.54) is 0 Å². The van der Waals surface area contributed by atoms with Gasteiger partial charge in [-0.15, -0.1) is 0 Å². The first-order valence-corrected chi connectivity index (χ1v) is 6.75. The number of nitrogens with zero attached hydrogens (tertiary/aromatic N) is 3. The van der Waals surface area contributed by atoms with Gasteiger partial charge in [-0.1, -0.05) is 11.6 Å². The van der Waals surface area contributed by atoms with Crippen LogP contribution in [0.4, 0.5) is 5.82 Å². The Labute approximate surface area is 113 Å². The van der Waals surface area contributed by atoms with Crippen LogP contribution < -0.4 is 4.90 Å². The molecule has 4 nitrogen and oxygen atoms in total. The highest BCUT2D eigenvalue weighted by Gasteiger charge is 2.18. The molecule has 0 spiro atoms. The van der Waals surface area contributed by atoms with Crippen molar-refractivity contribution in [3.8, 4) is 0 Å². The number of halogens is 1. The van der Waals surface area contributed by atoms with Crippen LogP contribution in [0.25, 0.3) is 0 Å². The van der Waals surface area contributed by atoms with Crippen LogP contribution >= 0.6 is 11.6 Å². The summed E-state index contributed by atoms with van der Waals surface area (Å²) in [5.74, 6) is 2.34. The van der Waals surface area contributed by atoms with Crippen LogP contribution in [-0.4, -0.2) is 36.8 Å². The second kappa shape index (κ2) is 5.85. The summed E-state index contributed by atoms with van der Waals surface area (Å²) in [6.45, 7) is 6.59. The van der Waals surface area contributed by atoms with E-state index < -0.39 is 0 Å². The fraction of sp³-hybridized carbons (Fsp3) is 0.692. The van der Waals surface area contributed by atoms with Crippen molar-refractivity contribution in [2.45, 2.75) is 26.7 Å². The number of hydrogen-bond acceptors (Lipinski definition) is 4. The molecule has 0 aliphatic carbocycles. The topological polar surface area (TPSA) is 38.2 Å². The third-order valence-electron chi connectivity index (χ3n) is 3.41.